The van der Waals surface area contributed by atoms with Crippen LogP contribution in [-0.4, -0.2) is 31.4 Å². The number of amides is 2. The molecule has 5 nitrogen and oxygen atoms in total. The molecule has 5 heteroatoms. The molecular formula is C13H19N3O2. The number of rotatable bonds is 4. The molecule has 98 valence electrons. The van der Waals surface area contributed by atoms with Gasteiger partial charge in [0, 0.05) is 25.3 Å². The second kappa shape index (κ2) is 5.08. The van der Waals surface area contributed by atoms with Gasteiger partial charge in [-0.3, -0.25) is 9.59 Å². The first-order valence-electron chi connectivity index (χ1n) is 5.64. The van der Waals surface area contributed by atoms with Crippen LogP contribution in [0, 0.1) is 0 Å². The molecule has 0 spiro atoms. The summed E-state index contributed by atoms with van der Waals surface area (Å²) in [6.45, 7) is 3.14. The number of anilines is 1. The molecule has 0 aliphatic heterocycles. The first-order chi connectivity index (χ1) is 8.24. The number of benzene rings is 1. The van der Waals surface area contributed by atoms with E-state index in [1.165, 1.54) is 0 Å². The van der Waals surface area contributed by atoms with Crippen molar-refractivity contribution in [2.24, 2.45) is 5.73 Å². The van der Waals surface area contributed by atoms with Gasteiger partial charge in [-0.1, -0.05) is 6.07 Å². The third kappa shape index (κ3) is 3.23. The molecule has 0 saturated heterocycles. The Kier molecular flexibility index (Phi) is 3.96. The number of nitrogens with one attached hydrogen (secondary N) is 1. The molecule has 0 bridgehead atoms. The Bertz CT molecular complexity index is 467. The van der Waals surface area contributed by atoms with Gasteiger partial charge >= 0.3 is 0 Å². The SMILES string of the molecule is CN(C)c1cccc(C(=O)NC(C)(C)C(N)=O)c1. The normalized spacial score (nSPS) is 10.9. The number of carbonyl (C=O) groups excluding carboxylic acids is 2. The highest BCUT2D eigenvalue weighted by Crippen LogP contribution is 2.14. The molecule has 1 aromatic rings. The van der Waals surface area contributed by atoms with Crippen LogP contribution in [0.5, 0.6) is 0 Å². The van der Waals surface area contributed by atoms with E-state index in [0.717, 1.165) is 5.69 Å². The van der Waals surface area contributed by atoms with Crippen molar-refractivity contribution < 1.29 is 9.59 Å². The van der Waals surface area contributed by atoms with E-state index in [-0.39, 0.29) is 5.91 Å². The summed E-state index contributed by atoms with van der Waals surface area (Å²) in [5.41, 5.74) is 5.56. The van der Waals surface area contributed by atoms with Crippen LogP contribution >= 0.6 is 0 Å². The van der Waals surface area contributed by atoms with Crippen LogP contribution in [0.15, 0.2) is 24.3 Å². The fraction of sp³-hybridized carbons (Fsp3) is 0.385. The number of primary amides is 1. The van der Waals surface area contributed by atoms with Crippen molar-refractivity contribution >= 4 is 17.5 Å². The largest absolute Gasteiger partial charge is 0.378 e. The van der Waals surface area contributed by atoms with Gasteiger partial charge in [0.15, 0.2) is 0 Å². The highest BCUT2D eigenvalue weighted by Gasteiger charge is 2.27. The molecule has 1 rings (SSSR count). The van der Waals surface area contributed by atoms with Gasteiger partial charge in [0.25, 0.3) is 5.91 Å². The lowest BCUT2D eigenvalue weighted by atomic mass is 10.0. The summed E-state index contributed by atoms with van der Waals surface area (Å²) < 4.78 is 0. The quantitative estimate of drug-likeness (QED) is 0.826. The van der Waals surface area contributed by atoms with E-state index in [2.05, 4.69) is 5.32 Å². The Morgan fingerprint density at radius 1 is 1.28 bits per heavy atom. The average Bonchev–Trinajstić information content (AvgIpc) is 2.28. The molecule has 0 fully saturated rings. The standard InChI is InChI=1S/C13H19N3O2/c1-13(2,12(14)18)15-11(17)9-6-5-7-10(8-9)16(3)4/h5-8H,1-4H3,(H2,14,18)(H,15,17). The second-order valence-corrected chi connectivity index (χ2v) is 4.89. The third-order valence-corrected chi connectivity index (χ3v) is 2.67. The first kappa shape index (κ1) is 14.0. The van der Waals surface area contributed by atoms with E-state index >= 15 is 0 Å². The Balaban J connectivity index is 2.91. The van der Waals surface area contributed by atoms with Crippen molar-refractivity contribution in [1.82, 2.24) is 5.32 Å². The van der Waals surface area contributed by atoms with Crippen LogP contribution < -0.4 is 16.0 Å². The van der Waals surface area contributed by atoms with E-state index < -0.39 is 11.4 Å². The first-order valence-corrected chi connectivity index (χ1v) is 5.64. The zero-order valence-corrected chi connectivity index (χ0v) is 11.2. The minimum Gasteiger partial charge on any atom is -0.378 e. The molecule has 0 aromatic heterocycles. The van der Waals surface area contributed by atoms with Crippen LogP contribution in [0.3, 0.4) is 0 Å². The molecule has 2 amide bonds. The zero-order chi connectivity index (χ0) is 13.9. The molecular weight excluding hydrogens is 230 g/mol. The van der Waals surface area contributed by atoms with Crippen LogP contribution in [0.4, 0.5) is 5.69 Å². The molecule has 0 radical (unpaired) electrons. The summed E-state index contributed by atoms with van der Waals surface area (Å²) in [5.74, 6) is -0.887. The molecule has 0 aliphatic rings. The van der Waals surface area contributed by atoms with Gasteiger partial charge in [-0.25, -0.2) is 0 Å². The van der Waals surface area contributed by atoms with Crippen molar-refractivity contribution in [3.8, 4) is 0 Å². The van der Waals surface area contributed by atoms with Crippen molar-refractivity contribution in [3.63, 3.8) is 0 Å². The lowest BCUT2D eigenvalue weighted by Crippen LogP contribution is -2.53. The maximum Gasteiger partial charge on any atom is 0.252 e. The molecule has 0 atom stereocenters. The van der Waals surface area contributed by atoms with Gasteiger partial charge in [0.05, 0.1) is 0 Å². The van der Waals surface area contributed by atoms with Crippen molar-refractivity contribution in [1.29, 1.82) is 0 Å². The molecule has 3 N–H and O–H groups in total. The lowest BCUT2D eigenvalue weighted by molar-refractivity contribution is -0.122. The van der Waals surface area contributed by atoms with Gasteiger partial charge in [0.1, 0.15) is 5.54 Å². The van der Waals surface area contributed by atoms with Crippen LogP contribution in [0.1, 0.15) is 24.2 Å². The molecule has 1 aromatic carbocycles. The van der Waals surface area contributed by atoms with E-state index in [4.69, 9.17) is 5.73 Å². The Morgan fingerprint density at radius 3 is 2.39 bits per heavy atom. The average molecular weight is 249 g/mol. The maximum atomic E-state index is 12.0. The molecule has 0 saturated carbocycles. The lowest BCUT2D eigenvalue weighted by Gasteiger charge is -2.22. The van der Waals surface area contributed by atoms with Crippen LogP contribution in [0.2, 0.25) is 0 Å². The topological polar surface area (TPSA) is 75.4 Å². The monoisotopic (exact) mass is 249 g/mol. The van der Waals surface area contributed by atoms with Crippen molar-refractivity contribution in [2.75, 3.05) is 19.0 Å². The van der Waals surface area contributed by atoms with Gasteiger partial charge in [-0.2, -0.15) is 0 Å². The number of hydrogen-bond acceptors (Lipinski definition) is 3. The molecule has 0 aliphatic carbocycles. The van der Waals surface area contributed by atoms with Crippen molar-refractivity contribution in [2.45, 2.75) is 19.4 Å². The summed E-state index contributed by atoms with van der Waals surface area (Å²) in [6.07, 6.45) is 0. The molecule has 18 heavy (non-hydrogen) atoms. The van der Waals surface area contributed by atoms with E-state index in [9.17, 15) is 9.59 Å². The van der Waals surface area contributed by atoms with Gasteiger partial charge in [-0.05, 0) is 32.0 Å². The molecule has 0 unspecified atom stereocenters. The zero-order valence-electron chi connectivity index (χ0n) is 11.2. The van der Waals surface area contributed by atoms with Gasteiger partial charge < -0.3 is 16.0 Å². The fourth-order valence-corrected chi connectivity index (χ4v) is 1.34. The predicted octanol–water partition coefficient (Wildman–Crippen LogP) is 0.746. The van der Waals surface area contributed by atoms with E-state index in [1.807, 2.05) is 25.1 Å². The van der Waals surface area contributed by atoms with Crippen molar-refractivity contribution in [3.05, 3.63) is 29.8 Å². The smallest absolute Gasteiger partial charge is 0.252 e. The third-order valence-electron chi connectivity index (χ3n) is 2.67. The number of nitrogens with two attached hydrogens (primary N) is 1. The summed E-state index contributed by atoms with van der Waals surface area (Å²) in [4.78, 5) is 25.1. The van der Waals surface area contributed by atoms with Gasteiger partial charge in [-0.15, -0.1) is 0 Å². The summed E-state index contributed by atoms with van der Waals surface area (Å²) in [6, 6.07) is 7.14. The Hall–Kier alpha value is -2.04. The number of hydrogen-bond donors (Lipinski definition) is 2. The summed E-state index contributed by atoms with van der Waals surface area (Å²) >= 11 is 0. The minimum absolute atomic E-state index is 0.317. The highest BCUT2D eigenvalue weighted by molar-refractivity contribution is 5.99. The maximum absolute atomic E-state index is 12.0. The number of carbonyl (C=O) groups is 2. The van der Waals surface area contributed by atoms with E-state index in [0.29, 0.717) is 5.56 Å². The number of nitrogens with zero attached hydrogens (tertiary/aromatic N) is 1. The van der Waals surface area contributed by atoms with E-state index in [1.54, 1.807) is 32.0 Å². The predicted molar refractivity (Wildman–Crippen MR) is 71.5 cm³/mol. The Labute approximate surface area is 107 Å². The summed E-state index contributed by atoms with van der Waals surface area (Å²) in [7, 11) is 3.79. The fourth-order valence-electron chi connectivity index (χ4n) is 1.34. The van der Waals surface area contributed by atoms with Crippen LogP contribution in [0.25, 0.3) is 0 Å². The highest BCUT2D eigenvalue weighted by atomic mass is 16.2. The minimum atomic E-state index is -1.06. The summed E-state index contributed by atoms with van der Waals surface area (Å²) in [5, 5.41) is 2.61. The Morgan fingerprint density at radius 2 is 1.89 bits per heavy atom. The molecule has 0 heterocycles. The second-order valence-electron chi connectivity index (χ2n) is 4.89. The van der Waals surface area contributed by atoms with Gasteiger partial charge in [0.2, 0.25) is 5.91 Å². The van der Waals surface area contributed by atoms with Crippen LogP contribution in [-0.2, 0) is 4.79 Å².